The molecule has 0 aliphatic carbocycles. The molecule has 1 heterocycles. The van der Waals surface area contributed by atoms with Crippen LogP contribution in [0, 0.1) is 0 Å². The van der Waals surface area contributed by atoms with E-state index in [-0.39, 0.29) is 12.2 Å². The molecular weight excluding hydrogens is 347 g/mol. The highest BCUT2D eigenvalue weighted by Gasteiger charge is 2.38. The minimum Gasteiger partial charge on any atom is -0.384 e. The van der Waals surface area contributed by atoms with Crippen LogP contribution in [0.5, 0.6) is 0 Å². The summed E-state index contributed by atoms with van der Waals surface area (Å²) in [5, 5.41) is 3.30. The SMILES string of the molecule is COCCS(C)(=O)=Nc1ccc(Cc2noc(C(F)(F)F)n2)cc1. The Morgan fingerprint density at radius 2 is 1.96 bits per heavy atom. The highest BCUT2D eigenvalue weighted by molar-refractivity contribution is 7.93. The highest BCUT2D eigenvalue weighted by atomic mass is 32.2. The van der Waals surface area contributed by atoms with Crippen molar-refractivity contribution in [1.29, 1.82) is 0 Å². The highest BCUT2D eigenvalue weighted by Crippen LogP contribution is 2.27. The molecule has 0 spiro atoms. The van der Waals surface area contributed by atoms with Gasteiger partial charge in [-0.25, -0.2) is 4.21 Å². The number of nitrogens with zero attached hydrogens (tertiary/aromatic N) is 3. The van der Waals surface area contributed by atoms with Crippen LogP contribution in [0.15, 0.2) is 33.2 Å². The van der Waals surface area contributed by atoms with E-state index in [0.717, 1.165) is 0 Å². The molecular formula is C14H16F3N3O3S. The molecule has 24 heavy (non-hydrogen) atoms. The fourth-order valence-electron chi connectivity index (χ4n) is 1.80. The van der Waals surface area contributed by atoms with Crippen molar-refractivity contribution in [2.75, 3.05) is 25.7 Å². The molecule has 132 valence electrons. The van der Waals surface area contributed by atoms with Crippen molar-refractivity contribution in [1.82, 2.24) is 10.1 Å². The molecule has 1 atom stereocenters. The van der Waals surface area contributed by atoms with Crippen LogP contribution in [-0.4, -0.2) is 40.1 Å². The van der Waals surface area contributed by atoms with Gasteiger partial charge < -0.3 is 9.26 Å². The van der Waals surface area contributed by atoms with Crippen LogP contribution in [0.4, 0.5) is 18.9 Å². The van der Waals surface area contributed by atoms with Gasteiger partial charge in [-0.15, -0.1) is 0 Å². The molecule has 1 aromatic heterocycles. The smallest absolute Gasteiger partial charge is 0.384 e. The molecule has 0 aliphatic rings. The van der Waals surface area contributed by atoms with E-state index in [0.29, 0.717) is 23.6 Å². The number of alkyl halides is 3. The minimum absolute atomic E-state index is 0.0635. The van der Waals surface area contributed by atoms with Crippen molar-refractivity contribution >= 4 is 15.4 Å². The molecule has 0 aliphatic heterocycles. The van der Waals surface area contributed by atoms with E-state index in [2.05, 4.69) is 19.0 Å². The second-order valence-corrected chi connectivity index (χ2v) is 7.61. The molecule has 0 N–H and O–H groups in total. The van der Waals surface area contributed by atoms with Gasteiger partial charge in [0, 0.05) is 19.8 Å². The number of aromatic nitrogens is 2. The van der Waals surface area contributed by atoms with Gasteiger partial charge in [-0.1, -0.05) is 17.3 Å². The zero-order chi connectivity index (χ0) is 17.8. The zero-order valence-electron chi connectivity index (χ0n) is 13.0. The molecule has 2 aromatic rings. The maximum absolute atomic E-state index is 12.4. The van der Waals surface area contributed by atoms with E-state index in [1.807, 2.05) is 0 Å². The van der Waals surface area contributed by atoms with Crippen molar-refractivity contribution in [3.05, 3.63) is 41.5 Å². The van der Waals surface area contributed by atoms with Gasteiger partial charge in [0.15, 0.2) is 5.82 Å². The number of methoxy groups -OCH3 is 1. The Balaban J connectivity index is 2.08. The third kappa shape index (κ3) is 5.31. The molecule has 0 radical (unpaired) electrons. The van der Waals surface area contributed by atoms with Crippen molar-refractivity contribution < 1.29 is 26.6 Å². The summed E-state index contributed by atoms with van der Waals surface area (Å²) >= 11 is 0. The van der Waals surface area contributed by atoms with Gasteiger partial charge in [0.05, 0.1) is 27.8 Å². The summed E-state index contributed by atoms with van der Waals surface area (Å²) in [5.41, 5.74) is 1.20. The van der Waals surface area contributed by atoms with Crippen LogP contribution in [0.3, 0.4) is 0 Å². The lowest BCUT2D eigenvalue weighted by Gasteiger charge is -2.04. The Hall–Kier alpha value is -1.94. The number of rotatable bonds is 6. The van der Waals surface area contributed by atoms with Crippen LogP contribution in [0.2, 0.25) is 0 Å². The van der Waals surface area contributed by atoms with Crippen molar-refractivity contribution in [2.45, 2.75) is 12.6 Å². The quantitative estimate of drug-likeness (QED) is 0.788. The third-order valence-electron chi connectivity index (χ3n) is 2.97. The zero-order valence-corrected chi connectivity index (χ0v) is 13.9. The van der Waals surface area contributed by atoms with Crippen LogP contribution in [-0.2, 0) is 27.1 Å². The van der Waals surface area contributed by atoms with Crippen LogP contribution >= 0.6 is 0 Å². The van der Waals surface area contributed by atoms with Crippen LogP contribution < -0.4 is 0 Å². The van der Waals surface area contributed by atoms with Gasteiger partial charge >= 0.3 is 12.1 Å². The van der Waals surface area contributed by atoms with E-state index >= 15 is 0 Å². The van der Waals surface area contributed by atoms with Crippen LogP contribution in [0.25, 0.3) is 0 Å². The maximum atomic E-state index is 12.4. The average molecular weight is 363 g/mol. The molecule has 0 saturated carbocycles. The van der Waals surface area contributed by atoms with E-state index in [4.69, 9.17) is 4.74 Å². The van der Waals surface area contributed by atoms with Gasteiger partial charge in [-0.3, -0.25) is 0 Å². The molecule has 10 heteroatoms. The Morgan fingerprint density at radius 3 is 2.50 bits per heavy atom. The molecule has 0 bridgehead atoms. The second-order valence-electron chi connectivity index (χ2n) is 5.10. The van der Waals surface area contributed by atoms with Gasteiger partial charge in [0.1, 0.15) is 0 Å². The molecule has 0 fully saturated rings. The number of ether oxygens (including phenoxy) is 1. The van der Waals surface area contributed by atoms with Crippen molar-refractivity contribution in [3.8, 4) is 0 Å². The van der Waals surface area contributed by atoms with Crippen molar-refractivity contribution in [2.24, 2.45) is 4.36 Å². The molecule has 1 unspecified atom stereocenters. The first kappa shape index (κ1) is 18.4. The van der Waals surface area contributed by atoms with E-state index < -0.39 is 21.8 Å². The molecule has 0 saturated heterocycles. The minimum atomic E-state index is -4.66. The summed E-state index contributed by atoms with van der Waals surface area (Å²) in [4.78, 5) is 3.31. The molecule has 6 nitrogen and oxygen atoms in total. The fourth-order valence-corrected chi connectivity index (χ4v) is 2.94. The first-order valence-electron chi connectivity index (χ1n) is 6.87. The second kappa shape index (κ2) is 7.31. The summed E-state index contributed by atoms with van der Waals surface area (Å²) < 4.78 is 62.6. The van der Waals surface area contributed by atoms with Crippen molar-refractivity contribution in [3.63, 3.8) is 0 Å². The van der Waals surface area contributed by atoms with Gasteiger partial charge in [-0.05, 0) is 17.7 Å². The predicted octanol–water partition coefficient (Wildman–Crippen LogP) is 3.05. The number of halogens is 3. The van der Waals surface area contributed by atoms with Gasteiger partial charge in [-0.2, -0.15) is 22.5 Å². The largest absolute Gasteiger partial charge is 0.471 e. The predicted molar refractivity (Wildman–Crippen MR) is 81.4 cm³/mol. The third-order valence-corrected chi connectivity index (χ3v) is 4.50. The fraction of sp³-hybridized carbons (Fsp3) is 0.429. The summed E-state index contributed by atoms with van der Waals surface area (Å²) in [5.74, 6) is -1.12. The Labute approximate surface area is 137 Å². The first-order valence-corrected chi connectivity index (χ1v) is 8.96. The molecule has 2 rings (SSSR count). The monoisotopic (exact) mass is 363 g/mol. The lowest BCUT2D eigenvalue weighted by molar-refractivity contribution is -0.159. The first-order chi connectivity index (χ1) is 11.2. The number of benzene rings is 1. The lowest BCUT2D eigenvalue weighted by atomic mass is 10.1. The number of hydrogen-bond acceptors (Lipinski definition) is 6. The van der Waals surface area contributed by atoms with Crippen LogP contribution in [0.1, 0.15) is 17.3 Å². The van der Waals surface area contributed by atoms with E-state index in [1.165, 1.54) is 13.4 Å². The van der Waals surface area contributed by atoms with E-state index in [1.54, 1.807) is 24.3 Å². The lowest BCUT2D eigenvalue weighted by Crippen LogP contribution is -2.08. The summed E-state index contributed by atoms with van der Waals surface area (Å²) in [6.07, 6.45) is -3.03. The average Bonchev–Trinajstić information content (AvgIpc) is 2.96. The summed E-state index contributed by atoms with van der Waals surface area (Å²) in [6.45, 7) is 0.344. The molecule has 0 amide bonds. The van der Waals surface area contributed by atoms with Gasteiger partial charge in [0.2, 0.25) is 0 Å². The Kier molecular flexibility index (Phi) is 5.60. The standard InChI is InChI=1S/C14H16F3N3O3S/c1-22-7-8-24(2,21)20-11-5-3-10(4-6-11)9-12-18-13(23-19-12)14(15,16)17/h3-6H,7-9H2,1-2H3. The van der Waals surface area contributed by atoms with E-state index in [9.17, 15) is 17.4 Å². The Morgan fingerprint density at radius 1 is 1.29 bits per heavy atom. The number of hydrogen-bond donors (Lipinski definition) is 0. The maximum Gasteiger partial charge on any atom is 0.471 e. The summed E-state index contributed by atoms with van der Waals surface area (Å²) in [7, 11) is -0.876. The topological polar surface area (TPSA) is 77.6 Å². The normalized spacial score (nSPS) is 14.4. The Bertz CT molecular complexity index is 794. The molecule has 1 aromatic carbocycles. The summed E-state index contributed by atoms with van der Waals surface area (Å²) in [6, 6.07) is 6.59. The van der Waals surface area contributed by atoms with Gasteiger partial charge in [0.25, 0.3) is 0 Å².